The molecule has 0 aliphatic carbocycles. The maximum atomic E-state index is 13.3. The molecule has 3 nitrogen and oxygen atoms in total. The lowest BCUT2D eigenvalue weighted by molar-refractivity contribution is 0.394. The summed E-state index contributed by atoms with van der Waals surface area (Å²) in [5, 5.41) is 3.27. The van der Waals surface area contributed by atoms with Gasteiger partial charge in [-0.1, -0.05) is 6.92 Å². The number of likely N-dealkylation sites (N-methyl/N-ethyl adjacent to an activating group) is 1. The normalized spacial score (nSPS) is 12.2. The first-order valence-electron chi connectivity index (χ1n) is 6.81. The first-order chi connectivity index (χ1) is 10.1. The first-order valence-corrected chi connectivity index (χ1v) is 6.81. The van der Waals surface area contributed by atoms with E-state index in [9.17, 15) is 8.78 Å². The van der Waals surface area contributed by atoms with Crippen LogP contribution in [0.5, 0.6) is 5.75 Å². The lowest BCUT2D eigenvalue weighted by Gasteiger charge is -2.19. The van der Waals surface area contributed by atoms with Crippen LogP contribution in [0.3, 0.4) is 0 Å². The van der Waals surface area contributed by atoms with Crippen molar-refractivity contribution in [2.75, 3.05) is 13.7 Å². The highest BCUT2D eigenvalue weighted by atomic mass is 19.1. The van der Waals surface area contributed by atoms with Gasteiger partial charge in [0.1, 0.15) is 17.4 Å². The van der Waals surface area contributed by atoms with Crippen LogP contribution >= 0.6 is 0 Å². The summed E-state index contributed by atoms with van der Waals surface area (Å²) in [5.74, 6) is -0.498. The molecule has 1 aromatic carbocycles. The van der Waals surface area contributed by atoms with Gasteiger partial charge in [0.15, 0.2) is 0 Å². The summed E-state index contributed by atoms with van der Waals surface area (Å²) in [6.45, 7) is 2.68. The maximum absolute atomic E-state index is 13.3. The van der Waals surface area contributed by atoms with E-state index < -0.39 is 11.6 Å². The third-order valence-electron chi connectivity index (χ3n) is 3.16. The molecule has 2 aromatic rings. The zero-order valence-corrected chi connectivity index (χ0v) is 12.1. The molecule has 0 aliphatic heterocycles. The van der Waals surface area contributed by atoms with Crippen molar-refractivity contribution in [3.05, 3.63) is 59.4 Å². The summed E-state index contributed by atoms with van der Waals surface area (Å²) in [6, 6.07) is 6.97. The van der Waals surface area contributed by atoms with E-state index in [1.54, 1.807) is 19.4 Å². The topological polar surface area (TPSA) is 34.2 Å². The number of hydrogen-bond donors (Lipinski definition) is 1. The molecule has 0 saturated carbocycles. The molecule has 0 spiro atoms. The molecule has 0 radical (unpaired) electrons. The Bertz CT molecular complexity index is 584. The lowest BCUT2D eigenvalue weighted by atomic mass is 10.0. The summed E-state index contributed by atoms with van der Waals surface area (Å²) >= 11 is 0. The van der Waals surface area contributed by atoms with Crippen molar-refractivity contribution in [3.63, 3.8) is 0 Å². The van der Waals surface area contributed by atoms with Crippen LogP contribution in [0.25, 0.3) is 0 Å². The maximum Gasteiger partial charge on any atom is 0.141 e. The van der Waals surface area contributed by atoms with E-state index in [4.69, 9.17) is 4.74 Å². The van der Waals surface area contributed by atoms with Crippen molar-refractivity contribution in [1.82, 2.24) is 10.3 Å². The molecule has 1 atom stereocenters. The number of ether oxygens (including phenoxy) is 1. The van der Waals surface area contributed by atoms with Crippen LogP contribution < -0.4 is 10.1 Å². The second kappa shape index (κ2) is 7.13. The van der Waals surface area contributed by atoms with Crippen molar-refractivity contribution in [2.45, 2.75) is 19.4 Å². The molecule has 0 saturated heterocycles. The average molecular weight is 292 g/mol. The van der Waals surface area contributed by atoms with Gasteiger partial charge in [0.2, 0.25) is 0 Å². The molecule has 21 heavy (non-hydrogen) atoms. The Labute approximate surface area is 123 Å². The molecule has 5 heteroatoms. The van der Waals surface area contributed by atoms with Crippen molar-refractivity contribution in [2.24, 2.45) is 0 Å². The second-order valence-electron chi connectivity index (χ2n) is 4.68. The minimum Gasteiger partial charge on any atom is -0.495 e. The van der Waals surface area contributed by atoms with Gasteiger partial charge in [-0.25, -0.2) is 8.78 Å². The summed E-state index contributed by atoms with van der Waals surface area (Å²) in [6.07, 6.45) is 2.10. The van der Waals surface area contributed by atoms with Crippen LogP contribution in [0.4, 0.5) is 8.78 Å². The van der Waals surface area contributed by atoms with Crippen LogP contribution in [0.15, 0.2) is 36.5 Å². The molecule has 0 fully saturated rings. The Morgan fingerprint density at radius 2 is 1.95 bits per heavy atom. The molecular formula is C16H18F2N2O. The van der Waals surface area contributed by atoms with Gasteiger partial charge >= 0.3 is 0 Å². The summed E-state index contributed by atoms with van der Waals surface area (Å²) < 4.78 is 31.9. The number of methoxy groups -OCH3 is 1. The Hall–Kier alpha value is -2.01. The van der Waals surface area contributed by atoms with E-state index >= 15 is 0 Å². The highest BCUT2D eigenvalue weighted by Crippen LogP contribution is 2.25. The fourth-order valence-electron chi connectivity index (χ4n) is 2.31. The van der Waals surface area contributed by atoms with E-state index in [1.165, 1.54) is 12.1 Å². The Morgan fingerprint density at radius 1 is 1.24 bits per heavy atom. The molecule has 0 amide bonds. The quantitative estimate of drug-likeness (QED) is 0.887. The third-order valence-corrected chi connectivity index (χ3v) is 3.16. The van der Waals surface area contributed by atoms with E-state index in [2.05, 4.69) is 10.3 Å². The van der Waals surface area contributed by atoms with Gasteiger partial charge in [-0.3, -0.25) is 4.98 Å². The van der Waals surface area contributed by atoms with Gasteiger partial charge in [0.05, 0.1) is 18.8 Å². The van der Waals surface area contributed by atoms with Crippen molar-refractivity contribution in [1.29, 1.82) is 0 Å². The summed E-state index contributed by atoms with van der Waals surface area (Å²) in [5.41, 5.74) is 1.30. The number of nitrogens with one attached hydrogen (secondary N) is 1. The minimum absolute atomic E-state index is 0.174. The van der Waals surface area contributed by atoms with Gasteiger partial charge < -0.3 is 10.1 Å². The van der Waals surface area contributed by atoms with Crippen LogP contribution in [-0.2, 0) is 6.42 Å². The molecule has 112 valence electrons. The zero-order valence-electron chi connectivity index (χ0n) is 12.1. The fraction of sp³-hybridized carbons (Fsp3) is 0.312. The van der Waals surface area contributed by atoms with E-state index in [1.807, 2.05) is 13.0 Å². The first kappa shape index (κ1) is 15.4. The number of rotatable bonds is 6. The van der Waals surface area contributed by atoms with Gasteiger partial charge in [-0.15, -0.1) is 0 Å². The molecule has 0 aliphatic rings. The van der Waals surface area contributed by atoms with Gasteiger partial charge in [0, 0.05) is 12.3 Å². The van der Waals surface area contributed by atoms with Crippen LogP contribution in [-0.4, -0.2) is 18.6 Å². The highest BCUT2D eigenvalue weighted by molar-refractivity contribution is 5.31. The summed E-state index contributed by atoms with van der Waals surface area (Å²) in [7, 11) is 1.57. The second-order valence-corrected chi connectivity index (χ2v) is 4.68. The highest BCUT2D eigenvalue weighted by Gasteiger charge is 2.17. The summed E-state index contributed by atoms with van der Waals surface area (Å²) in [4.78, 5) is 4.33. The van der Waals surface area contributed by atoms with Crippen molar-refractivity contribution < 1.29 is 13.5 Å². The minimum atomic E-state index is -0.576. The molecule has 1 N–H and O–H groups in total. The predicted octanol–water partition coefficient (Wildman–Crippen LogP) is 3.26. The number of benzene rings is 1. The van der Waals surface area contributed by atoms with E-state index in [-0.39, 0.29) is 6.04 Å². The van der Waals surface area contributed by atoms with Gasteiger partial charge in [-0.05, 0) is 42.8 Å². The number of hydrogen-bond acceptors (Lipinski definition) is 3. The van der Waals surface area contributed by atoms with E-state index in [0.717, 1.165) is 11.8 Å². The largest absolute Gasteiger partial charge is 0.495 e. The Kier molecular flexibility index (Phi) is 5.22. The average Bonchev–Trinajstić information content (AvgIpc) is 2.45. The van der Waals surface area contributed by atoms with E-state index in [0.29, 0.717) is 24.3 Å². The van der Waals surface area contributed by atoms with Crippen LogP contribution in [0, 0.1) is 11.6 Å². The monoisotopic (exact) mass is 292 g/mol. The van der Waals surface area contributed by atoms with Gasteiger partial charge in [0.25, 0.3) is 0 Å². The smallest absolute Gasteiger partial charge is 0.141 e. The number of nitrogens with zero attached hydrogens (tertiary/aromatic N) is 1. The predicted molar refractivity (Wildman–Crippen MR) is 77.3 cm³/mol. The third kappa shape index (κ3) is 3.98. The number of aromatic nitrogens is 1. The van der Waals surface area contributed by atoms with Gasteiger partial charge in [-0.2, -0.15) is 0 Å². The molecule has 0 bridgehead atoms. The molecular weight excluding hydrogens is 274 g/mol. The Balaban J connectivity index is 2.30. The lowest BCUT2D eigenvalue weighted by Crippen LogP contribution is -2.24. The van der Waals surface area contributed by atoms with Crippen LogP contribution in [0.1, 0.15) is 24.2 Å². The number of pyridine rings is 1. The Morgan fingerprint density at radius 3 is 2.57 bits per heavy atom. The zero-order chi connectivity index (χ0) is 15.2. The van der Waals surface area contributed by atoms with Crippen molar-refractivity contribution >= 4 is 0 Å². The van der Waals surface area contributed by atoms with Crippen molar-refractivity contribution in [3.8, 4) is 5.75 Å². The number of halogens is 2. The molecule has 1 heterocycles. The van der Waals surface area contributed by atoms with Crippen LogP contribution in [0.2, 0.25) is 0 Å². The molecule has 2 rings (SSSR count). The molecule has 1 unspecified atom stereocenters. The molecule has 1 aromatic heterocycles. The standard InChI is InChI=1S/C16H18F2N2O/c1-3-19-14(16-15(21-2)5-4-6-20-16)9-11-7-12(17)10-13(18)8-11/h4-8,10,14,19H,3,9H2,1-2H3. The SMILES string of the molecule is CCNC(Cc1cc(F)cc(F)c1)c1ncccc1OC. The fourth-order valence-corrected chi connectivity index (χ4v) is 2.31.